The van der Waals surface area contributed by atoms with Crippen LogP contribution in [0.3, 0.4) is 0 Å². The van der Waals surface area contributed by atoms with E-state index in [0.29, 0.717) is 0 Å². The van der Waals surface area contributed by atoms with Gasteiger partial charge in [-0.1, -0.05) is 5.21 Å². The molecule has 8 heteroatoms. The van der Waals surface area contributed by atoms with Crippen molar-refractivity contribution in [3.8, 4) is 0 Å². The molecule has 17 heavy (non-hydrogen) atoms. The topological polar surface area (TPSA) is 106 Å². The van der Waals surface area contributed by atoms with Crippen molar-refractivity contribution in [3.63, 3.8) is 0 Å². The van der Waals surface area contributed by atoms with Crippen molar-refractivity contribution in [3.05, 3.63) is 12.4 Å². The Kier molecular flexibility index (Phi) is 5.08. The van der Waals surface area contributed by atoms with Crippen molar-refractivity contribution in [2.45, 2.75) is 19.0 Å². The molecule has 1 unspecified atom stereocenters. The van der Waals surface area contributed by atoms with E-state index in [1.54, 1.807) is 0 Å². The van der Waals surface area contributed by atoms with Gasteiger partial charge in [0, 0.05) is 26.3 Å². The Balaban J connectivity index is 2.43. The van der Waals surface area contributed by atoms with Crippen molar-refractivity contribution >= 4 is 11.9 Å². The molecule has 1 rings (SSSR count). The van der Waals surface area contributed by atoms with Gasteiger partial charge in [-0.2, -0.15) is 0 Å². The molecular weight excluding hydrogens is 228 g/mol. The number of nitrogens with one attached hydrogen (secondary N) is 1. The number of amides is 1. The third kappa shape index (κ3) is 4.60. The van der Waals surface area contributed by atoms with Gasteiger partial charge in [0.15, 0.2) is 0 Å². The summed E-state index contributed by atoms with van der Waals surface area (Å²) < 4.78 is 6.08. The number of hydrogen-bond donors (Lipinski definition) is 2. The molecule has 94 valence electrons. The highest BCUT2D eigenvalue weighted by molar-refractivity contribution is 5.83. The first-order valence-corrected chi connectivity index (χ1v) is 4.98. The highest BCUT2D eigenvalue weighted by Gasteiger charge is 2.19. The maximum Gasteiger partial charge on any atom is 0.326 e. The number of aliphatic carboxylic acids is 1. The number of aromatic nitrogens is 3. The lowest BCUT2D eigenvalue weighted by Crippen LogP contribution is -2.43. The Bertz CT molecular complexity index is 365. The lowest BCUT2D eigenvalue weighted by molar-refractivity contribution is -0.142. The Morgan fingerprint density at radius 3 is 2.88 bits per heavy atom. The van der Waals surface area contributed by atoms with Crippen molar-refractivity contribution in [2.24, 2.45) is 0 Å². The van der Waals surface area contributed by atoms with Crippen LogP contribution >= 0.6 is 0 Å². The summed E-state index contributed by atoms with van der Waals surface area (Å²) in [6.07, 6.45) is 3.17. The van der Waals surface area contributed by atoms with Crippen LogP contribution in [0.5, 0.6) is 0 Å². The largest absolute Gasteiger partial charge is 0.480 e. The van der Waals surface area contributed by atoms with Crippen LogP contribution in [-0.4, -0.2) is 51.7 Å². The number of carboxylic acids is 1. The summed E-state index contributed by atoms with van der Waals surface area (Å²) >= 11 is 0. The second kappa shape index (κ2) is 6.59. The Morgan fingerprint density at radius 1 is 1.59 bits per heavy atom. The van der Waals surface area contributed by atoms with E-state index in [4.69, 9.17) is 9.84 Å². The molecule has 0 radical (unpaired) electrons. The van der Waals surface area contributed by atoms with Crippen LogP contribution in [0.2, 0.25) is 0 Å². The molecule has 1 aromatic rings. The zero-order valence-electron chi connectivity index (χ0n) is 9.37. The molecule has 0 aliphatic heterocycles. The molecule has 0 saturated heterocycles. The second-order valence-electron chi connectivity index (χ2n) is 3.34. The molecular formula is C9H14N4O4. The Hall–Kier alpha value is -1.96. The van der Waals surface area contributed by atoms with Gasteiger partial charge < -0.3 is 15.2 Å². The van der Waals surface area contributed by atoms with Gasteiger partial charge in [-0.3, -0.25) is 4.79 Å². The lowest BCUT2D eigenvalue weighted by atomic mass is 10.2. The molecule has 1 atom stereocenters. The summed E-state index contributed by atoms with van der Waals surface area (Å²) in [7, 11) is 1.47. The van der Waals surface area contributed by atoms with Gasteiger partial charge in [-0.05, 0) is 0 Å². The number of carboxylic acid groups (broad SMARTS) is 1. The molecule has 1 amide bonds. The van der Waals surface area contributed by atoms with Crippen LogP contribution in [-0.2, 0) is 20.9 Å². The predicted octanol–water partition coefficient (Wildman–Crippen LogP) is -1.12. The maximum atomic E-state index is 11.5. The second-order valence-corrected chi connectivity index (χ2v) is 3.34. The zero-order valence-corrected chi connectivity index (χ0v) is 9.37. The SMILES string of the molecule is COCCC(NC(=O)Cn1ccnn1)C(=O)O. The predicted molar refractivity (Wildman–Crippen MR) is 56.1 cm³/mol. The van der Waals surface area contributed by atoms with E-state index in [2.05, 4.69) is 15.6 Å². The van der Waals surface area contributed by atoms with Crippen LogP contribution in [0.15, 0.2) is 12.4 Å². The smallest absolute Gasteiger partial charge is 0.326 e. The molecule has 0 aromatic carbocycles. The van der Waals surface area contributed by atoms with Crippen molar-refractivity contribution in [2.75, 3.05) is 13.7 Å². The van der Waals surface area contributed by atoms with E-state index in [0.717, 1.165) is 0 Å². The van der Waals surface area contributed by atoms with E-state index in [1.807, 2.05) is 0 Å². The number of hydrogen-bond acceptors (Lipinski definition) is 5. The summed E-state index contributed by atoms with van der Waals surface area (Å²) in [5.74, 6) is -1.52. The van der Waals surface area contributed by atoms with Gasteiger partial charge in [0.25, 0.3) is 0 Å². The fourth-order valence-electron chi connectivity index (χ4n) is 1.20. The van der Waals surface area contributed by atoms with Gasteiger partial charge in [-0.15, -0.1) is 5.10 Å². The lowest BCUT2D eigenvalue weighted by Gasteiger charge is -2.13. The highest BCUT2D eigenvalue weighted by atomic mass is 16.5. The average molecular weight is 242 g/mol. The van der Waals surface area contributed by atoms with Gasteiger partial charge in [0.1, 0.15) is 12.6 Å². The summed E-state index contributed by atoms with van der Waals surface area (Å²) in [5, 5.41) is 18.4. The van der Waals surface area contributed by atoms with Crippen molar-refractivity contribution < 1.29 is 19.4 Å². The van der Waals surface area contributed by atoms with Crippen LogP contribution in [0, 0.1) is 0 Å². The monoisotopic (exact) mass is 242 g/mol. The number of ether oxygens (including phenoxy) is 1. The van der Waals surface area contributed by atoms with Gasteiger partial charge in [0.05, 0.1) is 6.20 Å². The first kappa shape index (κ1) is 13.1. The maximum absolute atomic E-state index is 11.5. The molecule has 0 bridgehead atoms. The first-order valence-electron chi connectivity index (χ1n) is 4.98. The van der Waals surface area contributed by atoms with E-state index < -0.39 is 17.9 Å². The van der Waals surface area contributed by atoms with Crippen molar-refractivity contribution in [1.29, 1.82) is 0 Å². The zero-order chi connectivity index (χ0) is 12.7. The summed E-state index contributed by atoms with van der Waals surface area (Å²) in [5.41, 5.74) is 0. The molecule has 1 aromatic heterocycles. The quantitative estimate of drug-likeness (QED) is 0.627. The molecule has 0 aliphatic rings. The van der Waals surface area contributed by atoms with Gasteiger partial charge in [0.2, 0.25) is 5.91 Å². The van der Waals surface area contributed by atoms with E-state index in [1.165, 1.54) is 24.2 Å². The standard InChI is InChI=1S/C9H14N4O4/c1-17-5-2-7(9(15)16)11-8(14)6-13-4-3-10-12-13/h3-4,7H,2,5-6H2,1H3,(H,11,14)(H,15,16). The highest BCUT2D eigenvalue weighted by Crippen LogP contribution is 1.94. The van der Waals surface area contributed by atoms with Crippen LogP contribution < -0.4 is 5.32 Å². The molecule has 2 N–H and O–H groups in total. The molecule has 0 fully saturated rings. The van der Waals surface area contributed by atoms with Gasteiger partial charge >= 0.3 is 5.97 Å². The first-order chi connectivity index (χ1) is 8.13. The molecule has 0 spiro atoms. The minimum absolute atomic E-state index is 0.0588. The van der Waals surface area contributed by atoms with Crippen LogP contribution in [0.1, 0.15) is 6.42 Å². The van der Waals surface area contributed by atoms with Gasteiger partial charge in [-0.25, -0.2) is 9.48 Å². The molecule has 1 heterocycles. The number of rotatable bonds is 7. The average Bonchev–Trinajstić information content (AvgIpc) is 2.76. The molecule has 0 saturated carbocycles. The minimum Gasteiger partial charge on any atom is -0.480 e. The fraction of sp³-hybridized carbons (Fsp3) is 0.556. The third-order valence-electron chi connectivity index (χ3n) is 2.02. The minimum atomic E-state index is -1.09. The van der Waals surface area contributed by atoms with E-state index in [-0.39, 0.29) is 19.6 Å². The number of carbonyl (C=O) groups is 2. The Morgan fingerprint density at radius 2 is 2.35 bits per heavy atom. The van der Waals surface area contributed by atoms with Crippen molar-refractivity contribution in [1.82, 2.24) is 20.3 Å². The van der Waals surface area contributed by atoms with E-state index >= 15 is 0 Å². The summed E-state index contributed by atoms with van der Waals surface area (Å²) in [6, 6.07) is -0.953. The Labute approximate surface area is 97.6 Å². The summed E-state index contributed by atoms with van der Waals surface area (Å²) in [6.45, 7) is 0.206. The number of nitrogens with zero attached hydrogens (tertiary/aromatic N) is 3. The third-order valence-corrected chi connectivity index (χ3v) is 2.02. The molecule has 0 aliphatic carbocycles. The van der Waals surface area contributed by atoms with E-state index in [9.17, 15) is 9.59 Å². The van der Waals surface area contributed by atoms with Crippen LogP contribution in [0.25, 0.3) is 0 Å². The molecule has 8 nitrogen and oxygen atoms in total. The number of methoxy groups -OCH3 is 1. The fourth-order valence-corrected chi connectivity index (χ4v) is 1.20. The van der Waals surface area contributed by atoms with Crippen LogP contribution in [0.4, 0.5) is 0 Å². The number of carbonyl (C=O) groups excluding carboxylic acids is 1. The summed E-state index contributed by atoms with van der Waals surface area (Å²) in [4.78, 5) is 22.3. The normalized spacial score (nSPS) is 12.1.